The lowest BCUT2D eigenvalue weighted by Crippen LogP contribution is -2.38. The quantitative estimate of drug-likeness (QED) is 0.375. The first kappa shape index (κ1) is 16.0. The fraction of sp³-hybridized carbons (Fsp3) is 0.375. The molecule has 1 aromatic rings. The van der Waals surface area contributed by atoms with Crippen molar-refractivity contribution in [2.45, 2.75) is 27.3 Å². The van der Waals surface area contributed by atoms with E-state index in [1.54, 1.807) is 17.1 Å². The molecule has 108 valence electrons. The summed E-state index contributed by atoms with van der Waals surface area (Å²) >= 11 is 0. The number of amides is 1. The van der Waals surface area contributed by atoms with Gasteiger partial charge in [0.25, 0.3) is 0 Å². The molecule has 1 amide bonds. The second-order valence-corrected chi connectivity index (χ2v) is 5.41. The van der Waals surface area contributed by atoms with Crippen LogP contribution in [0.1, 0.15) is 26.3 Å². The van der Waals surface area contributed by atoms with Crippen LogP contribution >= 0.6 is 0 Å². The van der Waals surface area contributed by atoms with E-state index in [0.717, 1.165) is 5.56 Å². The van der Waals surface area contributed by atoms with Crippen LogP contribution in [0.25, 0.3) is 0 Å². The Labute approximate surface area is 120 Å². The Kier molecular flexibility index (Phi) is 5.97. The van der Waals surface area contributed by atoms with Crippen LogP contribution < -0.4 is 0 Å². The SMILES string of the molecule is C/C=C/C(=O)N(Cc1ccccc1)CC(C)(C)/C=N/O. The van der Waals surface area contributed by atoms with Crippen molar-refractivity contribution < 1.29 is 10.0 Å². The monoisotopic (exact) mass is 274 g/mol. The van der Waals surface area contributed by atoms with E-state index in [0.29, 0.717) is 13.1 Å². The molecule has 0 aliphatic rings. The molecular formula is C16H22N2O2. The Morgan fingerprint density at radius 3 is 2.55 bits per heavy atom. The summed E-state index contributed by atoms with van der Waals surface area (Å²) in [5.74, 6) is -0.0456. The summed E-state index contributed by atoms with van der Waals surface area (Å²) in [4.78, 5) is 13.9. The first-order valence-corrected chi connectivity index (χ1v) is 6.62. The summed E-state index contributed by atoms with van der Waals surface area (Å²) in [6.07, 6.45) is 4.73. The van der Waals surface area contributed by atoms with Crippen LogP contribution in [0.3, 0.4) is 0 Å². The third-order valence-corrected chi connectivity index (χ3v) is 2.84. The van der Waals surface area contributed by atoms with Crippen LogP contribution in [0, 0.1) is 5.41 Å². The smallest absolute Gasteiger partial charge is 0.246 e. The molecule has 4 heteroatoms. The van der Waals surface area contributed by atoms with E-state index in [4.69, 9.17) is 5.21 Å². The lowest BCUT2D eigenvalue weighted by Gasteiger charge is -2.29. The third kappa shape index (κ3) is 5.26. The summed E-state index contributed by atoms with van der Waals surface area (Å²) in [7, 11) is 0. The predicted octanol–water partition coefficient (Wildman–Crippen LogP) is 3.08. The van der Waals surface area contributed by atoms with E-state index < -0.39 is 0 Å². The highest BCUT2D eigenvalue weighted by molar-refractivity contribution is 5.87. The molecule has 0 aliphatic heterocycles. The summed E-state index contributed by atoms with van der Waals surface area (Å²) in [5, 5.41) is 11.8. The molecule has 1 aromatic carbocycles. The van der Waals surface area contributed by atoms with Crippen molar-refractivity contribution in [3.63, 3.8) is 0 Å². The summed E-state index contributed by atoms with van der Waals surface area (Å²) in [5.41, 5.74) is 0.683. The molecule has 0 fully saturated rings. The highest BCUT2D eigenvalue weighted by atomic mass is 16.4. The molecule has 20 heavy (non-hydrogen) atoms. The number of benzene rings is 1. The molecule has 0 heterocycles. The van der Waals surface area contributed by atoms with Crippen molar-refractivity contribution in [3.05, 3.63) is 48.0 Å². The van der Waals surface area contributed by atoms with E-state index in [1.165, 1.54) is 6.21 Å². The van der Waals surface area contributed by atoms with E-state index in [-0.39, 0.29) is 11.3 Å². The fourth-order valence-corrected chi connectivity index (χ4v) is 1.95. The zero-order chi connectivity index (χ0) is 15.0. The highest BCUT2D eigenvalue weighted by Crippen LogP contribution is 2.17. The van der Waals surface area contributed by atoms with Gasteiger partial charge in [0.05, 0.1) is 6.21 Å². The van der Waals surface area contributed by atoms with Crippen LogP contribution in [0.5, 0.6) is 0 Å². The molecule has 0 saturated carbocycles. The molecular weight excluding hydrogens is 252 g/mol. The van der Waals surface area contributed by atoms with E-state index >= 15 is 0 Å². The van der Waals surface area contributed by atoms with Crippen molar-refractivity contribution in [1.82, 2.24) is 4.90 Å². The Morgan fingerprint density at radius 1 is 1.35 bits per heavy atom. The topological polar surface area (TPSA) is 52.9 Å². The summed E-state index contributed by atoms with van der Waals surface area (Å²) < 4.78 is 0. The van der Waals surface area contributed by atoms with Gasteiger partial charge in [-0.05, 0) is 18.6 Å². The summed E-state index contributed by atoms with van der Waals surface area (Å²) in [6.45, 7) is 6.68. The average Bonchev–Trinajstić information content (AvgIpc) is 2.39. The van der Waals surface area contributed by atoms with Gasteiger partial charge in [-0.3, -0.25) is 4.79 Å². The van der Waals surface area contributed by atoms with Gasteiger partial charge in [0.1, 0.15) is 0 Å². The number of rotatable bonds is 6. The first-order valence-electron chi connectivity index (χ1n) is 6.62. The number of hydrogen-bond acceptors (Lipinski definition) is 3. The standard InChI is InChI=1S/C16H22N2O2/c1-4-8-15(19)18(13-16(2,3)12-17-20)11-14-9-6-5-7-10-14/h4-10,12,20H,11,13H2,1-3H3/b8-4+,17-12+. The number of allylic oxidation sites excluding steroid dienone is 1. The van der Waals surface area contributed by atoms with Gasteiger partial charge in [0, 0.05) is 18.5 Å². The van der Waals surface area contributed by atoms with Crippen molar-refractivity contribution in [1.29, 1.82) is 0 Å². The molecule has 0 spiro atoms. The molecule has 0 bridgehead atoms. The Bertz CT molecular complexity index is 479. The third-order valence-electron chi connectivity index (χ3n) is 2.84. The summed E-state index contributed by atoms with van der Waals surface area (Å²) in [6, 6.07) is 9.83. The Hall–Kier alpha value is -2.10. The van der Waals surface area contributed by atoms with Crippen LogP contribution in [0.2, 0.25) is 0 Å². The average molecular weight is 274 g/mol. The molecule has 0 saturated heterocycles. The number of carbonyl (C=O) groups excluding carboxylic acids is 1. The highest BCUT2D eigenvalue weighted by Gasteiger charge is 2.22. The lowest BCUT2D eigenvalue weighted by atomic mass is 9.94. The van der Waals surface area contributed by atoms with Gasteiger partial charge in [-0.25, -0.2) is 0 Å². The molecule has 1 N–H and O–H groups in total. The maximum absolute atomic E-state index is 12.2. The van der Waals surface area contributed by atoms with Crippen LogP contribution in [-0.4, -0.2) is 28.8 Å². The maximum atomic E-state index is 12.2. The molecule has 0 aromatic heterocycles. The zero-order valence-electron chi connectivity index (χ0n) is 12.3. The molecule has 0 unspecified atom stereocenters. The van der Waals surface area contributed by atoms with E-state index in [2.05, 4.69) is 5.16 Å². The van der Waals surface area contributed by atoms with Crippen LogP contribution in [-0.2, 0) is 11.3 Å². The molecule has 0 aliphatic carbocycles. The molecule has 0 atom stereocenters. The van der Waals surface area contributed by atoms with Gasteiger partial charge in [-0.1, -0.05) is 50.3 Å². The second-order valence-electron chi connectivity index (χ2n) is 5.41. The van der Waals surface area contributed by atoms with Crippen molar-refractivity contribution in [2.24, 2.45) is 10.6 Å². The fourth-order valence-electron chi connectivity index (χ4n) is 1.95. The molecule has 1 rings (SSSR count). The van der Waals surface area contributed by atoms with Crippen molar-refractivity contribution >= 4 is 12.1 Å². The maximum Gasteiger partial charge on any atom is 0.246 e. The van der Waals surface area contributed by atoms with Gasteiger partial charge in [-0.15, -0.1) is 5.16 Å². The zero-order valence-corrected chi connectivity index (χ0v) is 12.3. The van der Waals surface area contributed by atoms with Crippen molar-refractivity contribution in [2.75, 3.05) is 6.54 Å². The minimum Gasteiger partial charge on any atom is -0.411 e. The normalized spacial score (nSPS) is 12.2. The van der Waals surface area contributed by atoms with Gasteiger partial charge < -0.3 is 10.1 Å². The lowest BCUT2D eigenvalue weighted by molar-refractivity contribution is -0.127. The Morgan fingerprint density at radius 2 is 2.00 bits per heavy atom. The predicted molar refractivity (Wildman–Crippen MR) is 80.7 cm³/mol. The number of nitrogens with zero attached hydrogens (tertiary/aromatic N) is 2. The van der Waals surface area contributed by atoms with Gasteiger partial charge in [0.2, 0.25) is 5.91 Å². The Balaban J connectivity index is 2.88. The number of carbonyl (C=O) groups is 1. The number of hydrogen-bond donors (Lipinski definition) is 1. The van der Waals surface area contributed by atoms with Gasteiger partial charge >= 0.3 is 0 Å². The van der Waals surface area contributed by atoms with Crippen LogP contribution in [0.4, 0.5) is 0 Å². The minimum atomic E-state index is -0.388. The first-order chi connectivity index (χ1) is 9.48. The van der Waals surface area contributed by atoms with Crippen LogP contribution in [0.15, 0.2) is 47.6 Å². The molecule has 0 radical (unpaired) electrons. The van der Waals surface area contributed by atoms with Crippen molar-refractivity contribution in [3.8, 4) is 0 Å². The molecule has 4 nitrogen and oxygen atoms in total. The number of oxime groups is 1. The van der Waals surface area contributed by atoms with Gasteiger partial charge in [-0.2, -0.15) is 0 Å². The second kappa shape index (κ2) is 7.48. The van der Waals surface area contributed by atoms with E-state index in [1.807, 2.05) is 51.1 Å². The van der Waals surface area contributed by atoms with Gasteiger partial charge in [0.15, 0.2) is 0 Å². The minimum absolute atomic E-state index is 0.0456. The largest absolute Gasteiger partial charge is 0.411 e. The van der Waals surface area contributed by atoms with E-state index in [9.17, 15) is 4.79 Å².